The number of rotatable bonds is 7. The average molecular weight is 451 g/mol. The zero-order valence-corrected chi connectivity index (χ0v) is 19.5. The van der Waals surface area contributed by atoms with E-state index < -0.39 is 0 Å². The molecule has 174 valence electrons. The molecule has 2 heterocycles. The van der Waals surface area contributed by atoms with Crippen molar-refractivity contribution in [3.63, 3.8) is 0 Å². The van der Waals surface area contributed by atoms with Crippen LogP contribution in [0.25, 0.3) is 5.57 Å². The lowest BCUT2D eigenvalue weighted by molar-refractivity contribution is -0.121. The third kappa shape index (κ3) is 4.59. The molecule has 1 fully saturated rings. The van der Waals surface area contributed by atoms with Gasteiger partial charge in [-0.1, -0.05) is 12.1 Å². The quantitative estimate of drug-likeness (QED) is 0.597. The standard InChI is InChI=1S/C26H30N2O5/c1-5-31-21-11-7-19(8-12-21)23-24(27-15-17(3)33-18(4)16-27)26(30)28(25(23)29)20-9-13-22(14-10-20)32-6-2/h7-14,17-18H,5-6,15-16H2,1-4H3. The number of nitrogens with zero attached hydrogens (tertiary/aromatic N) is 2. The number of ether oxygens (including phenoxy) is 3. The van der Waals surface area contributed by atoms with Gasteiger partial charge in [-0.15, -0.1) is 0 Å². The fourth-order valence-electron chi connectivity index (χ4n) is 4.41. The summed E-state index contributed by atoms with van der Waals surface area (Å²) >= 11 is 0. The summed E-state index contributed by atoms with van der Waals surface area (Å²) in [5.74, 6) is 0.748. The van der Waals surface area contributed by atoms with E-state index in [0.29, 0.717) is 54.6 Å². The van der Waals surface area contributed by atoms with Crippen molar-refractivity contribution >= 4 is 23.1 Å². The van der Waals surface area contributed by atoms with Gasteiger partial charge in [0.05, 0.1) is 36.7 Å². The second-order valence-electron chi connectivity index (χ2n) is 8.22. The number of morpholine rings is 1. The van der Waals surface area contributed by atoms with Crippen LogP contribution >= 0.6 is 0 Å². The van der Waals surface area contributed by atoms with Crippen molar-refractivity contribution in [2.24, 2.45) is 0 Å². The Morgan fingerprint density at radius 3 is 1.85 bits per heavy atom. The third-order valence-electron chi connectivity index (χ3n) is 5.66. The van der Waals surface area contributed by atoms with E-state index in [4.69, 9.17) is 14.2 Å². The van der Waals surface area contributed by atoms with Crippen LogP contribution in [0.4, 0.5) is 5.69 Å². The second kappa shape index (κ2) is 9.67. The molecule has 2 aliphatic heterocycles. The van der Waals surface area contributed by atoms with Crippen molar-refractivity contribution < 1.29 is 23.8 Å². The van der Waals surface area contributed by atoms with Gasteiger partial charge >= 0.3 is 0 Å². The first-order valence-corrected chi connectivity index (χ1v) is 11.4. The molecule has 0 aliphatic carbocycles. The number of hydrogen-bond donors (Lipinski definition) is 0. The Morgan fingerprint density at radius 1 is 0.818 bits per heavy atom. The average Bonchev–Trinajstić information content (AvgIpc) is 3.05. The highest BCUT2D eigenvalue weighted by Gasteiger charge is 2.43. The summed E-state index contributed by atoms with van der Waals surface area (Å²) in [6.07, 6.45) is -0.101. The number of carbonyl (C=O) groups is 2. The van der Waals surface area contributed by atoms with E-state index in [-0.39, 0.29) is 24.0 Å². The first-order chi connectivity index (χ1) is 15.9. The Bertz CT molecular complexity index is 1040. The Hall–Kier alpha value is -3.32. The van der Waals surface area contributed by atoms with Crippen LogP contribution in [0.2, 0.25) is 0 Å². The van der Waals surface area contributed by atoms with Crippen molar-refractivity contribution in [2.75, 3.05) is 31.2 Å². The zero-order chi connectivity index (χ0) is 23.5. The maximum Gasteiger partial charge on any atom is 0.282 e. The lowest BCUT2D eigenvalue weighted by Gasteiger charge is -2.37. The van der Waals surface area contributed by atoms with Gasteiger partial charge in [0.2, 0.25) is 0 Å². The van der Waals surface area contributed by atoms with Gasteiger partial charge in [0.25, 0.3) is 11.8 Å². The van der Waals surface area contributed by atoms with Crippen LogP contribution in [0.5, 0.6) is 11.5 Å². The summed E-state index contributed by atoms with van der Waals surface area (Å²) in [5.41, 5.74) is 2.02. The number of anilines is 1. The molecule has 2 atom stereocenters. The molecule has 2 unspecified atom stereocenters. The fourth-order valence-corrected chi connectivity index (χ4v) is 4.41. The third-order valence-corrected chi connectivity index (χ3v) is 5.66. The van der Waals surface area contributed by atoms with Crippen LogP contribution in [0.3, 0.4) is 0 Å². The molecule has 0 N–H and O–H groups in total. The van der Waals surface area contributed by atoms with Crippen LogP contribution in [-0.2, 0) is 14.3 Å². The molecule has 7 nitrogen and oxygen atoms in total. The molecule has 2 aromatic rings. The molecule has 33 heavy (non-hydrogen) atoms. The van der Waals surface area contributed by atoms with E-state index in [1.54, 1.807) is 24.3 Å². The van der Waals surface area contributed by atoms with Crippen molar-refractivity contribution in [2.45, 2.75) is 39.9 Å². The van der Waals surface area contributed by atoms with Gasteiger partial charge < -0.3 is 19.1 Å². The topological polar surface area (TPSA) is 68.3 Å². The predicted molar refractivity (Wildman–Crippen MR) is 126 cm³/mol. The predicted octanol–water partition coefficient (Wildman–Crippen LogP) is 3.88. The van der Waals surface area contributed by atoms with Gasteiger partial charge in [0, 0.05) is 13.1 Å². The van der Waals surface area contributed by atoms with Crippen molar-refractivity contribution in [1.29, 1.82) is 0 Å². The van der Waals surface area contributed by atoms with E-state index in [1.807, 2.05) is 56.9 Å². The van der Waals surface area contributed by atoms with E-state index >= 15 is 0 Å². The van der Waals surface area contributed by atoms with Crippen LogP contribution in [-0.4, -0.2) is 55.2 Å². The van der Waals surface area contributed by atoms with Gasteiger partial charge in [-0.25, -0.2) is 4.90 Å². The number of imide groups is 1. The Balaban J connectivity index is 1.75. The second-order valence-corrected chi connectivity index (χ2v) is 8.22. The molecule has 2 aliphatic rings. The zero-order valence-electron chi connectivity index (χ0n) is 19.5. The highest BCUT2D eigenvalue weighted by Crippen LogP contribution is 2.36. The number of carbonyl (C=O) groups excluding carboxylic acids is 2. The fraction of sp³-hybridized carbons (Fsp3) is 0.385. The van der Waals surface area contributed by atoms with Crippen molar-refractivity contribution in [1.82, 2.24) is 4.90 Å². The number of hydrogen-bond acceptors (Lipinski definition) is 6. The van der Waals surface area contributed by atoms with Crippen molar-refractivity contribution in [3.8, 4) is 11.5 Å². The molecule has 0 saturated carbocycles. The Labute approximate surface area is 194 Å². The SMILES string of the molecule is CCOc1ccc(C2=C(N3CC(C)OC(C)C3)C(=O)N(c3ccc(OCC)cc3)C2=O)cc1. The number of amides is 2. The minimum atomic E-state index is -0.338. The summed E-state index contributed by atoms with van der Waals surface area (Å²) in [6, 6.07) is 14.3. The van der Waals surface area contributed by atoms with Crippen molar-refractivity contribution in [3.05, 3.63) is 59.8 Å². The smallest absolute Gasteiger partial charge is 0.282 e. The molecule has 0 bridgehead atoms. The van der Waals surface area contributed by atoms with Gasteiger partial charge in [-0.2, -0.15) is 0 Å². The van der Waals surface area contributed by atoms with Gasteiger partial charge in [0.1, 0.15) is 17.2 Å². The van der Waals surface area contributed by atoms with E-state index in [2.05, 4.69) is 0 Å². The summed E-state index contributed by atoms with van der Waals surface area (Å²) < 4.78 is 16.9. The van der Waals surface area contributed by atoms with Gasteiger partial charge in [0.15, 0.2) is 0 Å². The monoisotopic (exact) mass is 450 g/mol. The van der Waals surface area contributed by atoms with Gasteiger partial charge in [-0.05, 0) is 69.7 Å². The molecular formula is C26H30N2O5. The first kappa shape index (κ1) is 22.9. The van der Waals surface area contributed by atoms with E-state index in [0.717, 1.165) is 5.75 Å². The number of benzene rings is 2. The van der Waals surface area contributed by atoms with Gasteiger partial charge in [-0.3, -0.25) is 9.59 Å². The van der Waals surface area contributed by atoms with E-state index in [1.165, 1.54) is 4.90 Å². The maximum atomic E-state index is 13.7. The highest BCUT2D eigenvalue weighted by molar-refractivity contribution is 6.45. The molecule has 0 spiro atoms. The summed E-state index contributed by atoms with van der Waals surface area (Å²) in [6.45, 7) is 9.96. The Kier molecular flexibility index (Phi) is 6.70. The summed E-state index contributed by atoms with van der Waals surface area (Å²) in [4.78, 5) is 30.6. The molecular weight excluding hydrogens is 420 g/mol. The lowest BCUT2D eigenvalue weighted by atomic mass is 10.0. The largest absolute Gasteiger partial charge is 0.494 e. The lowest BCUT2D eigenvalue weighted by Crippen LogP contribution is -2.47. The van der Waals surface area contributed by atoms with Crippen LogP contribution in [0.1, 0.15) is 33.3 Å². The molecule has 2 amide bonds. The van der Waals surface area contributed by atoms with Crippen LogP contribution in [0.15, 0.2) is 54.2 Å². The molecule has 0 aromatic heterocycles. The molecule has 0 radical (unpaired) electrons. The Morgan fingerprint density at radius 2 is 1.33 bits per heavy atom. The summed E-state index contributed by atoms with van der Waals surface area (Å²) in [7, 11) is 0. The molecule has 1 saturated heterocycles. The molecule has 7 heteroatoms. The highest BCUT2D eigenvalue weighted by atomic mass is 16.5. The van der Waals surface area contributed by atoms with Crippen LogP contribution < -0.4 is 14.4 Å². The maximum absolute atomic E-state index is 13.7. The first-order valence-electron chi connectivity index (χ1n) is 11.4. The molecule has 4 rings (SSSR count). The normalized spacial score (nSPS) is 21.1. The summed E-state index contributed by atoms with van der Waals surface area (Å²) in [5, 5.41) is 0. The molecule has 2 aromatic carbocycles. The minimum Gasteiger partial charge on any atom is -0.494 e. The van der Waals surface area contributed by atoms with Crippen LogP contribution in [0, 0.1) is 0 Å². The van der Waals surface area contributed by atoms with E-state index in [9.17, 15) is 9.59 Å². The minimum absolute atomic E-state index is 0.0507.